The van der Waals surface area contributed by atoms with Crippen LogP contribution in [0.4, 0.5) is 11.8 Å². The van der Waals surface area contributed by atoms with Crippen LogP contribution in [0.3, 0.4) is 0 Å². The van der Waals surface area contributed by atoms with E-state index in [0.717, 1.165) is 63.4 Å². The van der Waals surface area contributed by atoms with Crippen LogP contribution in [0.25, 0.3) is 0 Å². The molecule has 0 saturated carbocycles. The predicted molar refractivity (Wildman–Crippen MR) is 141 cm³/mol. The lowest BCUT2D eigenvalue weighted by Crippen LogP contribution is -2.44. The molecule has 0 spiro atoms. The maximum Gasteiger partial charge on any atom is 0.225 e. The number of hydrogen-bond donors (Lipinski definition) is 2. The topological polar surface area (TPSA) is 59.6 Å². The normalized spacial score (nSPS) is 20.0. The first-order chi connectivity index (χ1) is 16.6. The molecular formula is C27H43N7. The first-order valence-electron chi connectivity index (χ1n) is 13.1. The minimum absolute atomic E-state index is 0.711. The Balaban J connectivity index is 1.19. The van der Waals surface area contributed by atoms with Gasteiger partial charge in [0.15, 0.2) is 0 Å². The van der Waals surface area contributed by atoms with Crippen LogP contribution in [0.15, 0.2) is 30.3 Å². The van der Waals surface area contributed by atoms with Gasteiger partial charge in [0, 0.05) is 57.1 Å². The lowest BCUT2D eigenvalue weighted by atomic mass is 10.0. The molecule has 4 rings (SSSR count). The third kappa shape index (κ3) is 7.39. The number of benzene rings is 1. The van der Waals surface area contributed by atoms with Crippen LogP contribution < -0.4 is 15.5 Å². The molecule has 0 radical (unpaired) electrons. The molecule has 0 aliphatic carbocycles. The van der Waals surface area contributed by atoms with Gasteiger partial charge in [0.2, 0.25) is 5.95 Å². The van der Waals surface area contributed by atoms with Crippen LogP contribution in [0.5, 0.6) is 0 Å². The molecule has 0 bridgehead atoms. The number of likely N-dealkylation sites (N-methyl/N-ethyl adjacent to an activating group) is 1. The van der Waals surface area contributed by atoms with Crippen molar-refractivity contribution in [2.45, 2.75) is 58.7 Å². The van der Waals surface area contributed by atoms with E-state index < -0.39 is 0 Å². The quantitative estimate of drug-likeness (QED) is 0.521. The third-order valence-corrected chi connectivity index (χ3v) is 7.21. The third-order valence-electron chi connectivity index (χ3n) is 7.21. The summed E-state index contributed by atoms with van der Waals surface area (Å²) in [5.41, 5.74) is 3.58. The number of likely N-dealkylation sites (tertiary alicyclic amines) is 1. The first-order valence-corrected chi connectivity index (χ1v) is 13.1. The van der Waals surface area contributed by atoms with Crippen molar-refractivity contribution in [3.05, 3.63) is 47.2 Å². The van der Waals surface area contributed by atoms with Crippen molar-refractivity contribution >= 4 is 11.8 Å². The van der Waals surface area contributed by atoms with Crippen LogP contribution >= 0.6 is 0 Å². The zero-order valence-corrected chi connectivity index (χ0v) is 21.4. The molecule has 3 heterocycles. The van der Waals surface area contributed by atoms with Gasteiger partial charge in [-0.25, -0.2) is 4.98 Å². The minimum atomic E-state index is 0.711. The molecule has 2 fully saturated rings. The van der Waals surface area contributed by atoms with Gasteiger partial charge >= 0.3 is 0 Å². The number of rotatable bonds is 10. The molecule has 34 heavy (non-hydrogen) atoms. The second kappa shape index (κ2) is 12.5. The number of hydrogen-bond acceptors (Lipinski definition) is 7. The van der Waals surface area contributed by atoms with Crippen molar-refractivity contribution < 1.29 is 0 Å². The number of nitrogens with zero attached hydrogens (tertiary/aromatic N) is 5. The summed E-state index contributed by atoms with van der Waals surface area (Å²) in [5, 5.41) is 7.03. The van der Waals surface area contributed by atoms with Crippen LogP contribution in [-0.2, 0) is 13.1 Å². The summed E-state index contributed by atoms with van der Waals surface area (Å²) < 4.78 is 0. The highest BCUT2D eigenvalue weighted by Gasteiger charge is 2.17. The minimum Gasteiger partial charge on any atom is -0.354 e. The van der Waals surface area contributed by atoms with Crippen molar-refractivity contribution in [1.29, 1.82) is 0 Å². The van der Waals surface area contributed by atoms with Gasteiger partial charge in [-0.2, -0.15) is 4.98 Å². The maximum atomic E-state index is 4.78. The Morgan fingerprint density at radius 1 is 0.941 bits per heavy atom. The van der Waals surface area contributed by atoms with Crippen molar-refractivity contribution in [3.63, 3.8) is 0 Å². The second-order valence-corrected chi connectivity index (χ2v) is 10.1. The lowest BCUT2D eigenvalue weighted by molar-refractivity contribution is 0.159. The monoisotopic (exact) mass is 465 g/mol. The fourth-order valence-electron chi connectivity index (χ4n) is 4.91. The Morgan fingerprint density at radius 3 is 2.41 bits per heavy atom. The van der Waals surface area contributed by atoms with Crippen LogP contribution in [-0.4, -0.2) is 78.7 Å². The van der Waals surface area contributed by atoms with E-state index in [4.69, 9.17) is 4.98 Å². The molecule has 2 aromatic rings. The van der Waals surface area contributed by atoms with Crippen molar-refractivity contribution in [3.8, 4) is 0 Å². The van der Waals surface area contributed by atoms with Gasteiger partial charge < -0.3 is 25.3 Å². The molecule has 7 nitrogen and oxygen atoms in total. The SMILES string of the molecule is Cc1cc(N2CCN(C)CC2)nc(NCc2ccc(CNCCCN3CCCCC3C)cc2)n1. The zero-order valence-electron chi connectivity index (χ0n) is 21.4. The fourth-order valence-corrected chi connectivity index (χ4v) is 4.91. The van der Waals surface area contributed by atoms with Gasteiger partial charge in [0.1, 0.15) is 5.82 Å². The van der Waals surface area contributed by atoms with Gasteiger partial charge in [-0.1, -0.05) is 30.7 Å². The standard InChI is InChI=1S/C27H43N7/c1-22-19-26(34-17-15-32(3)16-18-34)31-27(30-22)29-21-25-10-8-24(9-11-25)20-28-12-6-14-33-13-5-4-7-23(33)2/h8-11,19,23,28H,4-7,12-18,20-21H2,1-3H3,(H,29,30,31). The summed E-state index contributed by atoms with van der Waals surface area (Å²) in [4.78, 5) is 16.8. The van der Waals surface area contributed by atoms with E-state index in [0.29, 0.717) is 5.95 Å². The average molecular weight is 466 g/mol. The van der Waals surface area contributed by atoms with E-state index >= 15 is 0 Å². The molecule has 0 amide bonds. The first kappa shape index (κ1) is 24.9. The summed E-state index contributed by atoms with van der Waals surface area (Å²) in [6.45, 7) is 13.8. The van der Waals surface area contributed by atoms with Gasteiger partial charge in [-0.3, -0.25) is 0 Å². The smallest absolute Gasteiger partial charge is 0.225 e. The van der Waals surface area contributed by atoms with Gasteiger partial charge in [0.25, 0.3) is 0 Å². The molecule has 1 aromatic carbocycles. The van der Waals surface area contributed by atoms with E-state index in [-0.39, 0.29) is 0 Å². The molecule has 2 aliphatic rings. The summed E-state index contributed by atoms with van der Waals surface area (Å²) in [6, 6.07) is 11.7. The maximum absolute atomic E-state index is 4.78. The largest absolute Gasteiger partial charge is 0.354 e. The van der Waals surface area contributed by atoms with Crippen LogP contribution in [0.1, 0.15) is 49.4 Å². The van der Waals surface area contributed by atoms with Crippen molar-refractivity contribution in [2.75, 3.05) is 63.1 Å². The highest BCUT2D eigenvalue weighted by molar-refractivity contribution is 5.45. The Morgan fingerprint density at radius 2 is 1.68 bits per heavy atom. The van der Waals surface area contributed by atoms with Gasteiger partial charge in [-0.15, -0.1) is 0 Å². The molecule has 186 valence electrons. The van der Waals surface area contributed by atoms with E-state index in [9.17, 15) is 0 Å². The summed E-state index contributed by atoms with van der Waals surface area (Å²) in [6.07, 6.45) is 5.35. The molecule has 2 saturated heterocycles. The van der Waals surface area contributed by atoms with Crippen molar-refractivity contribution in [2.24, 2.45) is 0 Å². The highest BCUT2D eigenvalue weighted by Crippen LogP contribution is 2.18. The fraction of sp³-hybridized carbons (Fsp3) is 0.630. The zero-order chi connectivity index (χ0) is 23.8. The summed E-state index contributed by atoms with van der Waals surface area (Å²) in [7, 11) is 2.17. The molecule has 1 aromatic heterocycles. The summed E-state index contributed by atoms with van der Waals surface area (Å²) in [5.74, 6) is 1.74. The van der Waals surface area contributed by atoms with E-state index in [1.807, 2.05) is 6.92 Å². The molecule has 2 N–H and O–H groups in total. The second-order valence-electron chi connectivity index (χ2n) is 10.1. The number of anilines is 2. The lowest BCUT2D eigenvalue weighted by Gasteiger charge is -2.33. The summed E-state index contributed by atoms with van der Waals surface area (Å²) >= 11 is 0. The number of nitrogens with one attached hydrogen (secondary N) is 2. The molecule has 7 heteroatoms. The number of piperidine rings is 1. The van der Waals surface area contributed by atoms with Gasteiger partial charge in [0.05, 0.1) is 0 Å². The Hall–Kier alpha value is -2.22. The van der Waals surface area contributed by atoms with E-state index in [1.165, 1.54) is 49.9 Å². The predicted octanol–water partition coefficient (Wildman–Crippen LogP) is 3.50. The number of piperazine rings is 1. The Bertz CT molecular complexity index is 877. The van der Waals surface area contributed by atoms with Gasteiger partial charge in [-0.05, 0) is 70.9 Å². The van der Waals surface area contributed by atoms with Crippen LogP contribution in [0, 0.1) is 6.92 Å². The van der Waals surface area contributed by atoms with E-state index in [1.54, 1.807) is 0 Å². The highest BCUT2D eigenvalue weighted by atomic mass is 15.3. The molecule has 1 atom stereocenters. The van der Waals surface area contributed by atoms with Crippen LogP contribution in [0.2, 0.25) is 0 Å². The van der Waals surface area contributed by atoms with E-state index in [2.05, 4.69) is 74.6 Å². The molecule has 1 unspecified atom stereocenters. The van der Waals surface area contributed by atoms with Crippen molar-refractivity contribution in [1.82, 2.24) is 25.1 Å². The number of aromatic nitrogens is 2. The number of aryl methyl sites for hydroxylation is 1. The average Bonchev–Trinajstić information content (AvgIpc) is 2.84. The molecule has 2 aliphatic heterocycles. The Kier molecular flexibility index (Phi) is 9.13. The Labute approximate surface area is 205 Å². The molecular weight excluding hydrogens is 422 g/mol.